The average Bonchev–Trinajstić information content (AvgIpc) is 3.04. The van der Waals surface area contributed by atoms with E-state index in [-0.39, 0.29) is 6.61 Å². The van der Waals surface area contributed by atoms with Gasteiger partial charge in [-0.15, -0.1) is 0 Å². The summed E-state index contributed by atoms with van der Waals surface area (Å²) in [6, 6.07) is 6.39. The summed E-state index contributed by atoms with van der Waals surface area (Å²) in [7, 11) is 0. The number of hydrogen-bond acceptors (Lipinski definition) is 3. The van der Waals surface area contributed by atoms with Crippen molar-refractivity contribution in [2.75, 3.05) is 6.61 Å². The second-order valence-corrected chi connectivity index (χ2v) is 4.56. The van der Waals surface area contributed by atoms with Gasteiger partial charge in [-0.25, -0.2) is 0 Å². The van der Waals surface area contributed by atoms with Crippen molar-refractivity contribution >= 4 is 0 Å². The minimum atomic E-state index is 0.0518. The number of hydrogen-bond donors (Lipinski definition) is 1. The Balaban J connectivity index is 1.66. The second kappa shape index (κ2) is 4.82. The van der Waals surface area contributed by atoms with Crippen LogP contribution in [0.15, 0.2) is 30.6 Å². The van der Waals surface area contributed by atoms with E-state index < -0.39 is 0 Å². The summed E-state index contributed by atoms with van der Waals surface area (Å²) >= 11 is 0. The second-order valence-electron chi connectivity index (χ2n) is 4.56. The first-order chi connectivity index (χ1) is 8.85. The highest BCUT2D eigenvalue weighted by atomic mass is 16.5. The van der Waals surface area contributed by atoms with Crippen molar-refractivity contribution in [1.82, 2.24) is 9.78 Å². The third-order valence-electron chi connectivity index (χ3n) is 3.25. The van der Waals surface area contributed by atoms with Crippen molar-refractivity contribution in [3.63, 3.8) is 0 Å². The molecular weight excluding hydrogens is 228 g/mol. The number of aryl methyl sites for hydroxylation is 2. The molecule has 0 aliphatic carbocycles. The summed E-state index contributed by atoms with van der Waals surface area (Å²) in [5, 5.41) is 13.2. The molecule has 4 heteroatoms. The molecule has 2 heterocycles. The Hall–Kier alpha value is -1.81. The molecule has 1 N–H and O–H groups in total. The zero-order chi connectivity index (χ0) is 12.4. The summed E-state index contributed by atoms with van der Waals surface area (Å²) in [4.78, 5) is 0. The van der Waals surface area contributed by atoms with Gasteiger partial charge in [0.05, 0.1) is 19.4 Å². The van der Waals surface area contributed by atoms with Crippen LogP contribution >= 0.6 is 0 Å². The van der Waals surface area contributed by atoms with Gasteiger partial charge in [-0.2, -0.15) is 5.10 Å². The topological polar surface area (TPSA) is 47.3 Å². The van der Waals surface area contributed by atoms with Gasteiger partial charge in [0, 0.05) is 24.7 Å². The van der Waals surface area contributed by atoms with Crippen LogP contribution in [0.3, 0.4) is 0 Å². The maximum Gasteiger partial charge on any atom is 0.122 e. The Bertz CT molecular complexity index is 548. The number of aromatic nitrogens is 2. The number of nitrogens with zero attached hydrogens (tertiary/aromatic N) is 2. The van der Waals surface area contributed by atoms with Crippen LogP contribution < -0.4 is 4.74 Å². The maximum absolute atomic E-state index is 8.97. The van der Waals surface area contributed by atoms with E-state index in [0.29, 0.717) is 0 Å². The van der Waals surface area contributed by atoms with E-state index in [0.717, 1.165) is 37.3 Å². The normalized spacial score (nSPS) is 13.4. The standard InChI is InChI=1S/C14H16N2O2/c17-10-12-8-15-16(9-12)5-3-11-1-2-14-13(7-11)4-6-18-14/h1-2,7-9,17H,3-6,10H2. The lowest BCUT2D eigenvalue weighted by Crippen LogP contribution is -2.01. The predicted octanol–water partition coefficient (Wildman–Crippen LogP) is 1.55. The fourth-order valence-electron chi connectivity index (χ4n) is 2.25. The average molecular weight is 244 g/mol. The van der Waals surface area contributed by atoms with Gasteiger partial charge < -0.3 is 9.84 Å². The van der Waals surface area contributed by atoms with E-state index in [1.165, 1.54) is 11.1 Å². The van der Waals surface area contributed by atoms with E-state index in [9.17, 15) is 0 Å². The smallest absolute Gasteiger partial charge is 0.122 e. The van der Waals surface area contributed by atoms with Crippen molar-refractivity contribution in [3.8, 4) is 5.75 Å². The monoisotopic (exact) mass is 244 g/mol. The molecule has 1 aromatic heterocycles. The van der Waals surface area contributed by atoms with Crippen LogP contribution in [0.4, 0.5) is 0 Å². The molecule has 0 spiro atoms. The van der Waals surface area contributed by atoms with E-state index in [1.807, 2.05) is 10.9 Å². The largest absolute Gasteiger partial charge is 0.493 e. The van der Waals surface area contributed by atoms with Crippen molar-refractivity contribution in [3.05, 3.63) is 47.3 Å². The highest BCUT2D eigenvalue weighted by molar-refractivity contribution is 5.39. The minimum absolute atomic E-state index is 0.0518. The van der Waals surface area contributed by atoms with Crippen LogP contribution in [0.1, 0.15) is 16.7 Å². The SMILES string of the molecule is OCc1cnn(CCc2ccc3c(c2)CCO3)c1. The van der Waals surface area contributed by atoms with E-state index in [4.69, 9.17) is 9.84 Å². The first-order valence-corrected chi connectivity index (χ1v) is 6.22. The predicted molar refractivity (Wildman–Crippen MR) is 67.5 cm³/mol. The van der Waals surface area contributed by atoms with Crippen molar-refractivity contribution in [2.45, 2.75) is 26.0 Å². The number of rotatable bonds is 4. The lowest BCUT2D eigenvalue weighted by atomic mass is 10.1. The molecule has 94 valence electrons. The zero-order valence-corrected chi connectivity index (χ0v) is 10.2. The van der Waals surface area contributed by atoms with E-state index in [2.05, 4.69) is 23.3 Å². The summed E-state index contributed by atoms with van der Waals surface area (Å²) in [5.41, 5.74) is 3.47. The van der Waals surface area contributed by atoms with Gasteiger partial charge in [0.15, 0.2) is 0 Å². The molecule has 0 saturated heterocycles. The lowest BCUT2D eigenvalue weighted by Gasteiger charge is -2.04. The van der Waals surface area contributed by atoms with Crippen LogP contribution in [0.2, 0.25) is 0 Å². The number of fused-ring (bicyclic) bond motifs is 1. The summed E-state index contributed by atoms with van der Waals surface area (Å²) in [6.07, 6.45) is 5.55. The van der Waals surface area contributed by atoms with Gasteiger partial charge in [-0.05, 0) is 23.6 Å². The Kier molecular flexibility index (Phi) is 3.02. The Morgan fingerprint density at radius 1 is 1.33 bits per heavy atom. The molecule has 4 nitrogen and oxygen atoms in total. The van der Waals surface area contributed by atoms with Gasteiger partial charge in [0.1, 0.15) is 5.75 Å². The Morgan fingerprint density at radius 3 is 3.11 bits per heavy atom. The van der Waals surface area contributed by atoms with Crippen LogP contribution in [-0.4, -0.2) is 21.5 Å². The molecule has 18 heavy (non-hydrogen) atoms. The quantitative estimate of drug-likeness (QED) is 0.887. The van der Waals surface area contributed by atoms with Gasteiger partial charge in [-0.1, -0.05) is 12.1 Å². The molecule has 0 saturated carbocycles. The van der Waals surface area contributed by atoms with Crippen LogP contribution in [0.25, 0.3) is 0 Å². The molecule has 0 unspecified atom stereocenters. The Morgan fingerprint density at radius 2 is 2.28 bits per heavy atom. The number of benzene rings is 1. The van der Waals surface area contributed by atoms with Crippen LogP contribution in [0, 0.1) is 0 Å². The van der Waals surface area contributed by atoms with Gasteiger partial charge >= 0.3 is 0 Å². The molecule has 1 aliphatic rings. The molecule has 1 aromatic carbocycles. The Labute approximate surface area is 106 Å². The van der Waals surface area contributed by atoms with Crippen LogP contribution in [0.5, 0.6) is 5.75 Å². The van der Waals surface area contributed by atoms with Crippen LogP contribution in [-0.2, 0) is 26.0 Å². The number of aliphatic hydroxyl groups is 1. The van der Waals surface area contributed by atoms with Gasteiger partial charge in [0.25, 0.3) is 0 Å². The molecule has 0 atom stereocenters. The molecular formula is C14H16N2O2. The first kappa shape index (κ1) is 11.3. The lowest BCUT2D eigenvalue weighted by molar-refractivity contribution is 0.281. The van der Waals surface area contributed by atoms with Crippen molar-refractivity contribution in [1.29, 1.82) is 0 Å². The summed E-state index contributed by atoms with van der Waals surface area (Å²) < 4.78 is 7.36. The molecule has 0 amide bonds. The highest BCUT2D eigenvalue weighted by Crippen LogP contribution is 2.26. The molecule has 3 rings (SSSR count). The molecule has 1 aliphatic heterocycles. The molecule has 0 fully saturated rings. The summed E-state index contributed by atoms with van der Waals surface area (Å²) in [5.74, 6) is 1.03. The van der Waals surface area contributed by atoms with Gasteiger partial charge in [-0.3, -0.25) is 4.68 Å². The van der Waals surface area contributed by atoms with Crippen molar-refractivity contribution < 1.29 is 9.84 Å². The highest BCUT2D eigenvalue weighted by Gasteiger charge is 2.11. The number of aliphatic hydroxyl groups excluding tert-OH is 1. The van der Waals surface area contributed by atoms with Gasteiger partial charge in [0.2, 0.25) is 0 Å². The maximum atomic E-state index is 8.97. The zero-order valence-electron chi connectivity index (χ0n) is 10.2. The minimum Gasteiger partial charge on any atom is -0.493 e. The summed E-state index contributed by atoms with van der Waals surface area (Å²) in [6.45, 7) is 1.69. The molecule has 0 bridgehead atoms. The fraction of sp³-hybridized carbons (Fsp3) is 0.357. The third-order valence-corrected chi connectivity index (χ3v) is 3.25. The van der Waals surface area contributed by atoms with E-state index in [1.54, 1.807) is 6.20 Å². The first-order valence-electron chi connectivity index (χ1n) is 6.22. The third kappa shape index (κ3) is 2.24. The molecule has 0 radical (unpaired) electrons. The molecule has 2 aromatic rings. The fourth-order valence-corrected chi connectivity index (χ4v) is 2.25. The number of ether oxygens (including phenoxy) is 1. The van der Waals surface area contributed by atoms with Crippen molar-refractivity contribution in [2.24, 2.45) is 0 Å². The van der Waals surface area contributed by atoms with E-state index >= 15 is 0 Å².